The van der Waals surface area contributed by atoms with Crippen LogP contribution in [-0.4, -0.2) is 29.2 Å². The first kappa shape index (κ1) is 11.3. The predicted octanol–water partition coefficient (Wildman–Crippen LogP) is 2.60. The van der Waals surface area contributed by atoms with Crippen molar-refractivity contribution >= 4 is 6.34 Å². The minimum absolute atomic E-state index is 0.179. The number of rotatable bonds is 5. The van der Waals surface area contributed by atoms with E-state index in [9.17, 15) is 4.48 Å². The zero-order chi connectivity index (χ0) is 10.6. The van der Waals surface area contributed by atoms with E-state index in [1.807, 2.05) is 5.01 Å². The molecule has 0 aliphatic carbocycles. The molecular weight excluding hydrogens is 181 g/mol. The minimum Gasteiger partial charge on any atom is -0.270 e. The van der Waals surface area contributed by atoms with Crippen molar-refractivity contribution in [1.82, 2.24) is 10.1 Å². The quantitative estimate of drug-likeness (QED) is 0.637. The van der Waals surface area contributed by atoms with E-state index in [4.69, 9.17) is 0 Å². The van der Waals surface area contributed by atoms with Gasteiger partial charge in [0, 0.05) is 6.54 Å². The smallest absolute Gasteiger partial charge is 0.149 e. The van der Waals surface area contributed by atoms with E-state index in [1.165, 1.54) is 6.34 Å². The van der Waals surface area contributed by atoms with Crippen LogP contribution in [0.4, 0.5) is 4.48 Å². The third-order valence-electron chi connectivity index (χ3n) is 2.36. The Kier molecular flexibility index (Phi) is 4.17. The zero-order valence-electron chi connectivity index (χ0n) is 9.28. The van der Waals surface area contributed by atoms with Crippen LogP contribution in [0.25, 0.3) is 0 Å². The highest BCUT2D eigenvalue weighted by Gasteiger charge is 2.28. The second-order valence-electron chi connectivity index (χ2n) is 4.20. The molecule has 0 N–H and O–H groups in total. The molecule has 0 aromatic rings. The molecule has 0 saturated heterocycles. The van der Waals surface area contributed by atoms with Crippen molar-refractivity contribution in [1.29, 1.82) is 0 Å². The molecule has 4 heteroatoms. The minimum atomic E-state index is -0.179. The fourth-order valence-corrected chi connectivity index (χ4v) is 1.57. The number of halogens is 1. The Morgan fingerprint density at radius 3 is 2.79 bits per heavy atom. The molecule has 3 nitrogen and oxygen atoms in total. The molecular formula is C10H20FN3. The Morgan fingerprint density at radius 1 is 1.50 bits per heavy atom. The summed E-state index contributed by atoms with van der Waals surface area (Å²) in [7, 11) is 0. The summed E-state index contributed by atoms with van der Waals surface area (Å²) in [6.07, 6.45) is 4.11. The average Bonchev–Trinajstić information content (AvgIpc) is 2.45. The van der Waals surface area contributed by atoms with Crippen LogP contribution in [0.2, 0.25) is 0 Å². The lowest BCUT2D eigenvalue weighted by Crippen LogP contribution is -2.36. The number of unbranched alkanes of at least 4 members (excludes halogenated alkanes) is 1. The van der Waals surface area contributed by atoms with Gasteiger partial charge < -0.3 is 0 Å². The summed E-state index contributed by atoms with van der Waals surface area (Å²) in [6.45, 7) is 7.18. The summed E-state index contributed by atoms with van der Waals surface area (Å²) < 4.78 is 13.3. The third-order valence-corrected chi connectivity index (χ3v) is 2.36. The van der Waals surface area contributed by atoms with Gasteiger partial charge in [-0.2, -0.15) is 10.2 Å². The predicted molar refractivity (Wildman–Crippen MR) is 56.3 cm³/mol. The normalized spacial score (nSPS) is 21.4. The lowest BCUT2D eigenvalue weighted by atomic mass is 10.1. The van der Waals surface area contributed by atoms with E-state index in [1.54, 1.807) is 0 Å². The summed E-state index contributed by atoms with van der Waals surface area (Å²) in [5.41, 5.74) is 0. The summed E-state index contributed by atoms with van der Waals surface area (Å²) in [5, 5.41) is 6.62. The van der Waals surface area contributed by atoms with Gasteiger partial charge in [-0.3, -0.25) is 5.01 Å². The maximum Gasteiger partial charge on any atom is 0.149 e. The van der Waals surface area contributed by atoms with Gasteiger partial charge >= 0.3 is 0 Å². The molecule has 0 saturated carbocycles. The average molecular weight is 201 g/mol. The van der Waals surface area contributed by atoms with Gasteiger partial charge in [-0.1, -0.05) is 31.7 Å². The summed E-state index contributed by atoms with van der Waals surface area (Å²) in [5.74, 6) is 0.490. The van der Waals surface area contributed by atoms with Gasteiger partial charge in [0.25, 0.3) is 0 Å². The van der Waals surface area contributed by atoms with E-state index in [0.717, 1.165) is 30.9 Å². The van der Waals surface area contributed by atoms with Crippen molar-refractivity contribution in [2.24, 2.45) is 11.0 Å². The Hall–Kier alpha value is -0.800. The van der Waals surface area contributed by atoms with Crippen LogP contribution in [0.15, 0.2) is 5.10 Å². The van der Waals surface area contributed by atoms with Crippen molar-refractivity contribution in [2.45, 2.75) is 46.2 Å². The van der Waals surface area contributed by atoms with Crippen molar-refractivity contribution in [2.75, 3.05) is 6.54 Å². The van der Waals surface area contributed by atoms with Crippen LogP contribution in [-0.2, 0) is 0 Å². The standard InChI is InChI=1S/C10H20FN3/c1-4-5-6-14-10(7-9(2)3)13(11)8-12-14/h8-10H,4-7H2,1-3H3. The fourth-order valence-electron chi connectivity index (χ4n) is 1.57. The summed E-state index contributed by atoms with van der Waals surface area (Å²) >= 11 is 0. The number of hydrazone groups is 1. The monoisotopic (exact) mass is 201 g/mol. The lowest BCUT2D eigenvalue weighted by Gasteiger charge is -2.26. The second-order valence-corrected chi connectivity index (χ2v) is 4.20. The Labute approximate surface area is 85.5 Å². The first-order chi connectivity index (χ1) is 6.65. The SMILES string of the molecule is CCCCN1N=CN(F)C1CC(C)C. The van der Waals surface area contributed by atoms with Crippen molar-refractivity contribution < 1.29 is 4.48 Å². The first-order valence-electron chi connectivity index (χ1n) is 5.40. The largest absolute Gasteiger partial charge is 0.270 e. The molecule has 1 aliphatic heterocycles. The molecule has 1 heterocycles. The molecule has 1 unspecified atom stereocenters. The van der Waals surface area contributed by atoms with Gasteiger partial charge in [0.15, 0.2) is 0 Å². The van der Waals surface area contributed by atoms with Gasteiger partial charge in [0.05, 0.1) is 0 Å². The van der Waals surface area contributed by atoms with Gasteiger partial charge in [-0.15, -0.1) is 0 Å². The van der Waals surface area contributed by atoms with E-state index in [-0.39, 0.29) is 6.17 Å². The van der Waals surface area contributed by atoms with Crippen LogP contribution >= 0.6 is 0 Å². The van der Waals surface area contributed by atoms with Crippen LogP contribution in [0.1, 0.15) is 40.0 Å². The molecule has 0 spiro atoms. The summed E-state index contributed by atoms with van der Waals surface area (Å²) in [4.78, 5) is 0. The number of nitrogens with zero attached hydrogens (tertiary/aromatic N) is 3. The lowest BCUT2D eigenvalue weighted by molar-refractivity contribution is -0.00693. The van der Waals surface area contributed by atoms with Crippen LogP contribution < -0.4 is 0 Å². The molecule has 0 radical (unpaired) electrons. The molecule has 0 aromatic carbocycles. The first-order valence-corrected chi connectivity index (χ1v) is 5.40. The molecule has 0 fully saturated rings. The number of hydrogen-bond acceptors (Lipinski definition) is 3. The van der Waals surface area contributed by atoms with E-state index >= 15 is 0 Å². The highest BCUT2D eigenvalue weighted by Crippen LogP contribution is 2.20. The molecule has 14 heavy (non-hydrogen) atoms. The number of hydrogen-bond donors (Lipinski definition) is 0. The molecule has 1 rings (SSSR count). The third kappa shape index (κ3) is 2.86. The fraction of sp³-hybridized carbons (Fsp3) is 0.900. The van der Waals surface area contributed by atoms with Gasteiger partial charge in [0.1, 0.15) is 12.5 Å². The van der Waals surface area contributed by atoms with E-state index < -0.39 is 0 Å². The Balaban J connectivity index is 2.43. The maximum atomic E-state index is 13.3. The maximum absolute atomic E-state index is 13.3. The molecule has 0 bridgehead atoms. The van der Waals surface area contributed by atoms with Gasteiger partial charge in [-0.25, -0.2) is 0 Å². The van der Waals surface area contributed by atoms with Crippen molar-refractivity contribution in [3.63, 3.8) is 0 Å². The highest BCUT2D eigenvalue weighted by molar-refractivity contribution is 5.55. The summed E-state index contributed by atoms with van der Waals surface area (Å²) in [6, 6.07) is 0. The molecule has 1 aliphatic rings. The molecule has 0 amide bonds. The van der Waals surface area contributed by atoms with Gasteiger partial charge in [-0.05, 0) is 18.8 Å². The van der Waals surface area contributed by atoms with E-state index in [0.29, 0.717) is 5.92 Å². The second kappa shape index (κ2) is 5.17. The topological polar surface area (TPSA) is 18.8 Å². The van der Waals surface area contributed by atoms with Crippen LogP contribution in [0.5, 0.6) is 0 Å². The molecule has 1 atom stereocenters. The Morgan fingerprint density at radius 2 is 2.21 bits per heavy atom. The van der Waals surface area contributed by atoms with Crippen molar-refractivity contribution in [3.8, 4) is 0 Å². The van der Waals surface area contributed by atoms with E-state index in [2.05, 4.69) is 25.9 Å². The van der Waals surface area contributed by atoms with Gasteiger partial charge in [0.2, 0.25) is 0 Å². The van der Waals surface area contributed by atoms with Crippen LogP contribution in [0, 0.1) is 5.92 Å². The Bertz CT molecular complexity index is 194. The zero-order valence-corrected chi connectivity index (χ0v) is 9.28. The van der Waals surface area contributed by atoms with Crippen molar-refractivity contribution in [3.05, 3.63) is 0 Å². The highest BCUT2D eigenvalue weighted by atomic mass is 19.2. The molecule has 82 valence electrons. The van der Waals surface area contributed by atoms with Crippen LogP contribution in [0.3, 0.4) is 0 Å². The molecule has 0 aromatic heterocycles.